The SMILES string of the molecule is O=C1OCC(CSc2ccccc2F)O1. The van der Waals surface area contributed by atoms with Crippen molar-refractivity contribution in [3.8, 4) is 0 Å². The zero-order valence-electron chi connectivity index (χ0n) is 7.81. The molecule has 1 aliphatic heterocycles. The smallest absolute Gasteiger partial charge is 0.430 e. The van der Waals surface area contributed by atoms with E-state index in [1.165, 1.54) is 17.8 Å². The van der Waals surface area contributed by atoms with E-state index < -0.39 is 6.16 Å². The summed E-state index contributed by atoms with van der Waals surface area (Å²) in [6, 6.07) is 6.50. The van der Waals surface area contributed by atoms with Crippen LogP contribution in [0, 0.1) is 5.82 Å². The lowest BCUT2D eigenvalue weighted by molar-refractivity contribution is 0.122. The van der Waals surface area contributed by atoms with E-state index >= 15 is 0 Å². The molecule has 1 unspecified atom stereocenters. The third kappa shape index (κ3) is 2.62. The molecule has 0 spiro atoms. The van der Waals surface area contributed by atoms with Gasteiger partial charge < -0.3 is 9.47 Å². The average Bonchev–Trinajstić information content (AvgIpc) is 2.63. The molecule has 1 heterocycles. The number of thioether (sulfide) groups is 1. The van der Waals surface area contributed by atoms with Crippen molar-refractivity contribution < 1.29 is 18.7 Å². The summed E-state index contributed by atoms with van der Waals surface area (Å²) in [5.41, 5.74) is 0. The predicted molar refractivity (Wildman–Crippen MR) is 53.3 cm³/mol. The van der Waals surface area contributed by atoms with Gasteiger partial charge in [-0.3, -0.25) is 0 Å². The molecule has 80 valence electrons. The molecule has 0 saturated carbocycles. The molecule has 1 aromatic carbocycles. The summed E-state index contributed by atoms with van der Waals surface area (Å²) in [5, 5.41) is 0. The van der Waals surface area contributed by atoms with Gasteiger partial charge in [0.15, 0.2) is 0 Å². The third-order valence-electron chi connectivity index (χ3n) is 1.91. The fourth-order valence-electron chi connectivity index (χ4n) is 1.19. The van der Waals surface area contributed by atoms with E-state index in [1.54, 1.807) is 18.2 Å². The first-order chi connectivity index (χ1) is 7.25. The number of rotatable bonds is 3. The van der Waals surface area contributed by atoms with Crippen molar-refractivity contribution in [2.24, 2.45) is 0 Å². The fourth-order valence-corrected chi connectivity index (χ4v) is 2.10. The van der Waals surface area contributed by atoms with Crippen LogP contribution in [0.3, 0.4) is 0 Å². The maximum Gasteiger partial charge on any atom is 0.508 e. The number of hydrogen-bond donors (Lipinski definition) is 0. The van der Waals surface area contributed by atoms with Crippen molar-refractivity contribution in [1.29, 1.82) is 0 Å². The van der Waals surface area contributed by atoms with Crippen LogP contribution in [0.1, 0.15) is 0 Å². The molecule has 0 amide bonds. The monoisotopic (exact) mass is 228 g/mol. The second kappa shape index (κ2) is 4.53. The Hall–Kier alpha value is -1.23. The Bertz CT molecular complexity index is 369. The minimum Gasteiger partial charge on any atom is -0.430 e. The minimum atomic E-state index is -0.644. The molecule has 0 N–H and O–H groups in total. The summed E-state index contributed by atoms with van der Waals surface area (Å²) < 4.78 is 22.6. The predicted octanol–water partition coefficient (Wildman–Crippen LogP) is 2.45. The minimum absolute atomic E-state index is 0.250. The highest BCUT2D eigenvalue weighted by atomic mass is 32.2. The van der Waals surface area contributed by atoms with Gasteiger partial charge in [-0.15, -0.1) is 11.8 Å². The lowest BCUT2D eigenvalue weighted by Crippen LogP contribution is -2.12. The highest BCUT2D eigenvalue weighted by Gasteiger charge is 2.25. The Morgan fingerprint density at radius 1 is 1.47 bits per heavy atom. The second-order valence-corrected chi connectivity index (χ2v) is 4.10. The van der Waals surface area contributed by atoms with E-state index in [2.05, 4.69) is 4.74 Å². The molecule has 1 saturated heterocycles. The Morgan fingerprint density at radius 3 is 2.93 bits per heavy atom. The van der Waals surface area contributed by atoms with Gasteiger partial charge in [0.2, 0.25) is 0 Å². The Labute approximate surface area is 90.6 Å². The number of ether oxygens (including phenoxy) is 2. The van der Waals surface area contributed by atoms with E-state index in [9.17, 15) is 9.18 Å². The Morgan fingerprint density at radius 2 is 2.27 bits per heavy atom. The van der Waals surface area contributed by atoms with E-state index in [0.29, 0.717) is 10.6 Å². The highest BCUT2D eigenvalue weighted by Crippen LogP contribution is 2.23. The van der Waals surface area contributed by atoms with Crippen LogP contribution < -0.4 is 0 Å². The molecule has 0 aliphatic carbocycles. The van der Waals surface area contributed by atoms with Gasteiger partial charge in [-0.1, -0.05) is 12.1 Å². The molecule has 3 nitrogen and oxygen atoms in total. The maximum atomic E-state index is 13.2. The van der Waals surface area contributed by atoms with Crippen molar-refractivity contribution in [3.63, 3.8) is 0 Å². The molecular weight excluding hydrogens is 219 g/mol. The summed E-state index contributed by atoms with van der Waals surface area (Å²) in [5.74, 6) is 0.250. The van der Waals surface area contributed by atoms with Gasteiger partial charge >= 0.3 is 6.16 Å². The van der Waals surface area contributed by atoms with Crippen molar-refractivity contribution in [3.05, 3.63) is 30.1 Å². The molecule has 0 aromatic heterocycles. The Balaban J connectivity index is 1.88. The molecule has 1 atom stereocenters. The number of carbonyl (C=O) groups is 1. The molecule has 1 aromatic rings. The molecule has 0 radical (unpaired) electrons. The fraction of sp³-hybridized carbons (Fsp3) is 0.300. The standard InChI is InChI=1S/C10H9FO3S/c11-8-3-1-2-4-9(8)15-6-7-5-13-10(12)14-7/h1-4,7H,5-6H2. The first-order valence-corrected chi connectivity index (χ1v) is 5.45. The normalized spacial score (nSPS) is 19.8. The van der Waals surface area contributed by atoms with Crippen LogP contribution in [0.2, 0.25) is 0 Å². The van der Waals surface area contributed by atoms with Crippen LogP contribution in [-0.4, -0.2) is 24.6 Å². The molecule has 2 rings (SSSR count). The summed E-state index contributed by atoms with van der Waals surface area (Å²) >= 11 is 1.31. The molecular formula is C10H9FO3S. The van der Waals surface area contributed by atoms with Crippen LogP contribution in [0.25, 0.3) is 0 Å². The zero-order chi connectivity index (χ0) is 10.7. The first kappa shape index (κ1) is 10.3. The summed E-state index contributed by atoms with van der Waals surface area (Å²) in [6.07, 6.45) is -0.920. The van der Waals surface area contributed by atoms with Gasteiger partial charge in [-0.05, 0) is 12.1 Å². The molecule has 15 heavy (non-hydrogen) atoms. The molecule has 1 fully saturated rings. The van der Waals surface area contributed by atoms with Crippen molar-refractivity contribution >= 4 is 17.9 Å². The largest absolute Gasteiger partial charge is 0.508 e. The van der Waals surface area contributed by atoms with Gasteiger partial charge in [0.05, 0.1) is 0 Å². The van der Waals surface area contributed by atoms with Gasteiger partial charge in [0, 0.05) is 10.6 Å². The number of carbonyl (C=O) groups excluding carboxylic acids is 1. The van der Waals surface area contributed by atoms with Crippen LogP contribution >= 0.6 is 11.8 Å². The molecule has 0 bridgehead atoms. The van der Waals surface area contributed by atoms with Crippen LogP contribution in [0.15, 0.2) is 29.2 Å². The summed E-state index contributed by atoms with van der Waals surface area (Å²) in [7, 11) is 0. The number of benzene rings is 1. The highest BCUT2D eigenvalue weighted by molar-refractivity contribution is 7.99. The number of hydrogen-bond acceptors (Lipinski definition) is 4. The summed E-state index contributed by atoms with van der Waals surface area (Å²) in [4.78, 5) is 11.2. The Kier molecular flexibility index (Phi) is 3.11. The lowest BCUT2D eigenvalue weighted by atomic mass is 10.3. The van der Waals surface area contributed by atoms with E-state index in [0.717, 1.165) is 0 Å². The maximum absolute atomic E-state index is 13.2. The van der Waals surface area contributed by atoms with E-state index in [4.69, 9.17) is 4.74 Å². The van der Waals surface area contributed by atoms with Crippen molar-refractivity contribution in [2.75, 3.05) is 12.4 Å². The number of cyclic esters (lactones) is 2. The van der Waals surface area contributed by atoms with Crippen LogP contribution in [0.5, 0.6) is 0 Å². The molecule has 1 aliphatic rings. The summed E-state index contributed by atoms with van der Waals surface area (Å²) in [6.45, 7) is 0.250. The zero-order valence-corrected chi connectivity index (χ0v) is 8.63. The third-order valence-corrected chi connectivity index (χ3v) is 3.09. The first-order valence-electron chi connectivity index (χ1n) is 4.46. The number of halogens is 1. The van der Waals surface area contributed by atoms with Gasteiger partial charge in [-0.2, -0.15) is 0 Å². The second-order valence-electron chi connectivity index (χ2n) is 3.04. The van der Waals surface area contributed by atoms with Gasteiger partial charge in [0.25, 0.3) is 0 Å². The van der Waals surface area contributed by atoms with Gasteiger partial charge in [0.1, 0.15) is 18.5 Å². The quantitative estimate of drug-likeness (QED) is 0.588. The van der Waals surface area contributed by atoms with Crippen LogP contribution in [0.4, 0.5) is 9.18 Å². The van der Waals surface area contributed by atoms with E-state index in [1.807, 2.05) is 0 Å². The van der Waals surface area contributed by atoms with Crippen molar-refractivity contribution in [2.45, 2.75) is 11.0 Å². The van der Waals surface area contributed by atoms with Gasteiger partial charge in [-0.25, -0.2) is 9.18 Å². The topological polar surface area (TPSA) is 35.5 Å². The average molecular weight is 228 g/mol. The van der Waals surface area contributed by atoms with Crippen molar-refractivity contribution in [1.82, 2.24) is 0 Å². The lowest BCUT2D eigenvalue weighted by Gasteiger charge is -2.06. The van der Waals surface area contributed by atoms with E-state index in [-0.39, 0.29) is 18.5 Å². The molecule has 5 heteroatoms. The van der Waals surface area contributed by atoms with Crippen LogP contribution in [-0.2, 0) is 9.47 Å².